The van der Waals surface area contributed by atoms with Gasteiger partial charge in [0.15, 0.2) is 0 Å². The van der Waals surface area contributed by atoms with Crippen molar-refractivity contribution in [2.24, 2.45) is 11.7 Å². The smallest absolute Gasteiger partial charge is 0.394 e. The molecule has 0 aromatic rings. The maximum absolute atomic E-state index is 11.6. The molecule has 0 fully saturated rings. The Morgan fingerprint density at radius 1 is 0.833 bits per heavy atom. The van der Waals surface area contributed by atoms with E-state index in [1.165, 1.54) is 83.5 Å². The SMILES string of the molecule is CCCCCCCCCCCC(CC(CC)CCCC)OC(=O)CN.O=S(=O)(O)O. The fraction of sp³-hybridized carbons (Fsp3) is 0.955. The lowest BCUT2D eigenvalue weighted by molar-refractivity contribution is -0.148. The molecule has 2 atom stereocenters. The molecule has 0 aliphatic rings. The van der Waals surface area contributed by atoms with Gasteiger partial charge in [0.1, 0.15) is 6.10 Å². The Bertz CT molecular complexity index is 476. The Balaban J connectivity index is 0. The van der Waals surface area contributed by atoms with Crippen LogP contribution in [0.2, 0.25) is 0 Å². The van der Waals surface area contributed by atoms with Crippen molar-refractivity contribution in [2.75, 3.05) is 6.54 Å². The van der Waals surface area contributed by atoms with Crippen LogP contribution in [0.15, 0.2) is 0 Å². The third-order valence-corrected chi connectivity index (χ3v) is 5.23. The summed E-state index contributed by atoms with van der Waals surface area (Å²) in [7, 11) is -4.67. The van der Waals surface area contributed by atoms with Gasteiger partial charge in [-0.1, -0.05) is 97.8 Å². The molecule has 0 rings (SSSR count). The summed E-state index contributed by atoms with van der Waals surface area (Å²) >= 11 is 0. The molecule has 7 nitrogen and oxygen atoms in total. The fourth-order valence-electron chi connectivity index (χ4n) is 3.49. The Morgan fingerprint density at radius 2 is 1.30 bits per heavy atom. The number of carbonyl (C=O) groups is 1. The molecule has 0 aliphatic heterocycles. The molecule has 0 amide bonds. The van der Waals surface area contributed by atoms with Crippen molar-refractivity contribution in [1.82, 2.24) is 0 Å². The number of ether oxygens (including phenoxy) is 1. The third-order valence-electron chi connectivity index (χ3n) is 5.23. The van der Waals surface area contributed by atoms with Crippen LogP contribution in [0.4, 0.5) is 0 Å². The van der Waals surface area contributed by atoms with Gasteiger partial charge >= 0.3 is 16.4 Å². The molecule has 0 radical (unpaired) electrons. The number of esters is 1. The second-order valence-corrected chi connectivity index (χ2v) is 8.93. The van der Waals surface area contributed by atoms with Crippen molar-refractivity contribution in [1.29, 1.82) is 0 Å². The summed E-state index contributed by atoms with van der Waals surface area (Å²) in [6.45, 7) is 6.75. The van der Waals surface area contributed by atoms with E-state index in [4.69, 9.17) is 28.0 Å². The summed E-state index contributed by atoms with van der Waals surface area (Å²) in [5.41, 5.74) is 5.43. The van der Waals surface area contributed by atoms with E-state index in [-0.39, 0.29) is 18.6 Å². The van der Waals surface area contributed by atoms with E-state index in [1.54, 1.807) is 0 Å². The first-order chi connectivity index (χ1) is 14.2. The van der Waals surface area contributed by atoms with Crippen LogP contribution in [0.3, 0.4) is 0 Å². The highest BCUT2D eigenvalue weighted by molar-refractivity contribution is 7.79. The normalized spacial score (nSPS) is 13.3. The Hall–Kier alpha value is -0.700. The molecule has 0 heterocycles. The van der Waals surface area contributed by atoms with Crippen molar-refractivity contribution in [3.05, 3.63) is 0 Å². The number of unbranched alkanes of at least 4 members (excludes halogenated alkanes) is 9. The van der Waals surface area contributed by atoms with Crippen LogP contribution >= 0.6 is 0 Å². The lowest BCUT2D eigenvalue weighted by atomic mass is 9.91. The number of carbonyl (C=O) groups excluding carboxylic acids is 1. The van der Waals surface area contributed by atoms with Crippen LogP contribution in [-0.2, 0) is 19.9 Å². The molecular weight excluding hydrogens is 406 g/mol. The summed E-state index contributed by atoms with van der Waals surface area (Å²) in [4.78, 5) is 11.6. The molecular formula is C22H47NO6S. The zero-order valence-corrected chi connectivity index (χ0v) is 20.3. The second kappa shape index (κ2) is 21.5. The van der Waals surface area contributed by atoms with Crippen molar-refractivity contribution < 1.29 is 27.1 Å². The molecule has 0 aromatic carbocycles. The lowest BCUT2D eigenvalue weighted by Gasteiger charge is -2.23. The summed E-state index contributed by atoms with van der Waals surface area (Å²) in [6.07, 6.45) is 19.0. The highest BCUT2D eigenvalue weighted by Crippen LogP contribution is 2.23. The molecule has 0 bridgehead atoms. The molecule has 4 N–H and O–H groups in total. The summed E-state index contributed by atoms with van der Waals surface area (Å²) in [5, 5.41) is 0. The molecule has 8 heteroatoms. The van der Waals surface area contributed by atoms with Gasteiger partial charge in [0.25, 0.3) is 0 Å². The second-order valence-electron chi connectivity index (χ2n) is 8.03. The summed E-state index contributed by atoms with van der Waals surface area (Å²) in [5.74, 6) is 0.431. The van der Waals surface area contributed by atoms with Gasteiger partial charge in [-0.05, 0) is 25.2 Å². The fourth-order valence-corrected chi connectivity index (χ4v) is 3.49. The minimum atomic E-state index is -4.67. The number of hydrogen-bond acceptors (Lipinski definition) is 5. The maximum atomic E-state index is 11.6. The zero-order chi connectivity index (χ0) is 23.3. The van der Waals surface area contributed by atoms with Crippen LogP contribution in [-0.4, -0.2) is 36.1 Å². The summed E-state index contributed by atoms with van der Waals surface area (Å²) in [6, 6.07) is 0. The minimum Gasteiger partial charge on any atom is -0.461 e. The Labute approximate surface area is 185 Å². The Kier molecular flexibility index (Phi) is 22.6. The zero-order valence-electron chi connectivity index (χ0n) is 19.5. The van der Waals surface area contributed by atoms with Gasteiger partial charge in [0.05, 0.1) is 6.54 Å². The lowest BCUT2D eigenvalue weighted by Crippen LogP contribution is -2.26. The average molecular weight is 454 g/mol. The van der Waals surface area contributed by atoms with Crippen molar-refractivity contribution in [2.45, 2.75) is 123 Å². The van der Waals surface area contributed by atoms with Crippen LogP contribution in [0.1, 0.15) is 117 Å². The third kappa shape index (κ3) is 27.3. The molecule has 182 valence electrons. The first-order valence-corrected chi connectivity index (χ1v) is 13.2. The molecule has 0 spiro atoms. The highest BCUT2D eigenvalue weighted by Gasteiger charge is 2.18. The van der Waals surface area contributed by atoms with Crippen molar-refractivity contribution in [3.63, 3.8) is 0 Å². The first-order valence-electron chi connectivity index (χ1n) is 11.8. The Morgan fingerprint density at radius 3 is 1.73 bits per heavy atom. The van der Waals surface area contributed by atoms with Gasteiger partial charge in [-0.2, -0.15) is 8.42 Å². The van der Waals surface area contributed by atoms with Crippen LogP contribution in [0.5, 0.6) is 0 Å². The molecule has 0 aromatic heterocycles. The largest absolute Gasteiger partial charge is 0.461 e. The van der Waals surface area contributed by atoms with E-state index < -0.39 is 10.4 Å². The van der Waals surface area contributed by atoms with Crippen molar-refractivity contribution >= 4 is 16.4 Å². The van der Waals surface area contributed by atoms with Crippen LogP contribution in [0, 0.1) is 5.92 Å². The number of hydrogen-bond donors (Lipinski definition) is 3. The van der Waals surface area contributed by atoms with E-state index in [1.807, 2.05) is 0 Å². The van der Waals surface area contributed by atoms with Gasteiger partial charge in [0, 0.05) is 0 Å². The topological polar surface area (TPSA) is 127 Å². The summed E-state index contributed by atoms with van der Waals surface area (Å²) < 4.78 is 37.2. The highest BCUT2D eigenvalue weighted by atomic mass is 32.3. The predicted octanol–water partition coefficient (Wildman–Crippen LogP) is 5.73. The minimum absolute atomic E-state index is 0.0000116. The van der Waals surface area contributed by atoms with Gasteiger partial charge < -0.3 is 10.5 Å². The van der Waals surface area contributed by atoms with Gasteiger partial charge in [-0.25, -0.2) is 0 Å². The molecule has 0 saturated heterocycles. The number of nitrogens with two attached hydrogens (primary N) is 1. The maximum Gasteiger partial charge on any atom is 0.394 e. The standard InChI is InChI=1S/C22H45NO2.H2O4S/c1-4-7-9-10-11-12-13-14-15-17-21(25-22(24)19-23)18-20(6-3)16-8-5-2;1-5(2,3)4/h20-21H,4-19,23H2,1-3H3;(H2,1,2,3,4). The molecule has 2 unspecified atom stereocenters. The van der Waals surface area contributed by atoms with Crippen molar-refractivity contribution in [3.8, 4) is 0 Å². The monoisotopic (exact) mass is 453 g/mol. The van der Waals surface area contributed by atoms with E-state index in [9.17, 15) is 4.79 Å². The molecule has 0 saturated carbocycles. The van der Waals surface area contributed by atoms with Gasteiger partial charge in [-0.3, -0.25) is 13.9 Å². The van der Waals surface area contributed by atoms with E-state index in [0.717, 1.165) is 12.8 Å². The van der Waals surface area contributed by atoms with Gasteiger partial charge in [0.2, 0.25) is 0 Å². The number of rotatable bonds is 18. The average Bonchev–Trinajstić information content (AvgIpc) is 2.68. The quantitative estimate of drug-likeness (QED) is 0.137. The first kappa shape index (κ1) is 31.5. The van der Waals surface area contributed by atoms with E-state index in [0.29, 0.717) is 5.92 Å². The van der Waals surface area contributed by atoms with E-state index in [2.05, 4.69) is 20.8 Å². The van der Waals surface area contributed by atoms with E-state index >= 15 is 0 Å². The van der Waals surface area contributed by atoms with Gasteiger partial charge in [-0.15, -0.1) is 0 Å². The van der Waals surface area contributed by atoms with Crippen LogP contribution in [0.25, 0.3) is 0 Å². The van der Waals surface area contributed by atoms with Crippen LogP contribution < -0.4 is 5.73 Å². The molecule has 30 heavy (non-hydrogen) atoms. The molecule has 0 aliphatic carbocycles. The predicted molar refractivity (Wildman–Crippen MR) is 123 cm³/mol.